The Morgan fingerprint density at radius 1 is 1.25 bits per heavy atom. The number of carbonyl (C=O) groups is 1. The molecule has 3 atom stereocenters. The summed E-state index contributed by atoms with van der Waals surface area (Å²) in [4.78, 5) is 25.1. The SMILES string of the molecule is CO[C@@H]1[C@@H](C)[C@H](NC(=O)N2CCN(c3ncccn3)CC2)C1(C)C. The number of carbonyl (C=O) groups excluding carboxylic acids is 1. The van der Waals surface area contributed by atoms with Gasteiger partial charge in [-0.15, -0.1) is 0 Å². The fourth-order valence-electron chi connectivity index (χ4n) is 4.21. The predicted octanol–water partition coefficient (Wildman–Crippen LogP) is 1.37. The Morgan fingerprint density at radius 3 is 2.42 bits per heavy atom. The molecule has 0 bridgehead atoms. The van der Waals surface area contributed by atoms with Gasteiger partial charge in [0.2, 0.25) is 5.95 Å². The lowest BCUT2D eigenvalue weighted by Crippen LogP contribution is -2.69. The second kappa shape index (κ2) is 6.55. The van der Waals surface area contributed by atoms with Gasteiger partial charge in [-0.25, -0.2) is 14.8 Å². The molecule has 132 valence electrons. The number of urea groups is 1. The van der Waals surface area contributed by atoms with Crippen molar-refractivity contribution in [3.63, 3.8) is 0 Å². The second-order valence-corrected chi connectivity index (χ2v) is 7.29. The quantitative estimate of drug-likeness (QED) is 0.904. The molecule has 1 aliphatic carbocycles. The van der Waals surface area contributed by atoms with E-state index in [1.165, 1.54) is 0 Å². The molecule has 2 fully saturated rings. The second-order valence-electron chi connectivity index (χ2n) is 7.29. The average Bonchev–Trinajstić information content (AvgIpc) is 2.60. The molecule has 0 unspecified atom stereocenters. The van der Waals surface area contributed by atoms with E-state index in [2.05, 4.69) is 41.0 Å². The third-order valence-electron chi connectivity index (χ3n) is 5.47. The molecule has 1 aromatic rings. The van der Waals surface area contributed by atoms with E-state index in [0.29, 0.717) is 19.0 Å². The average molecular weight is 333 g/mol. The number of nitrogens with zero attached hydrogens (tertiary/aromatic N) is 4. The van der Waals surface area contributed by atoms with Gasteiger partial charge in [0.05, 0.1) is 6.10 Å². The van der Waals surface area contributed by atoms with E-state index in [1.807, 2.05) is 11.0 Å². The lowest BCUT2D eigenvalue weighted by molar-refractivity contribution is -0.141. The van der Waals surface area contributed by atoms with Crippen molar-refractivity contribution in [2.24, 2.45) is 11.3 Å². The highest BCUT2D eigenvalue weighted by molar-refractivity contribution is 5.75. The van der Waals surface area contributed by atoms with Gasteiger partial charge >= 0.3 is 6.03 Å². The van der Waals surface area contributed by atoms with Crippen molar-refractivity contribution >= 4 is 12.0 Å². The molecule has 2 amide bonds. The van der Waals surface area contributed by atoms with Crippen molar-refractivity contribution < 1.29 is 9.53 Å². The summed E-state index contributed by atoms with van der Waals surface area (Å²) in [6, 6.07) is 1.97. The van der Waals surface area contributed by atoms with E-state index in [0.717, 1.165) is 19.0 Å². The fourth-order valence-corrected chi connectivity index (χ4v) is 4.21. The summed E-state index contributed by atoms with van der Waals surface area (Å²) in [6.45, 7) is 9.30. The molecule has 1 aromatic heterocycles. The van der Waals surface area contributed by atoms with Crippen LogP contribution in [0.15, 0.2) is 18.5 Å². The summed E-state index contributed by atoms with van der Waals surface area (Å²) in [6.07, 6.45) is 3.68. The van der Waals surface area contributed by atoms with Gasteiger partial charge in [0.25, 0.3) is 0 Å². The van der Waals surface area contributed by atoms with Crippen LogP contribution in [0.2, 0.25) is 0 Å². The fraction of sp³-hybridized carbons (Fsp3) is 0.706. The molecular weight excluding hydrogens is 306 g/mol. The topological polar surface area (TPSA) is 70.6 Å². The number of hydrogen-bond acceptors (Lipinski definition) is 5. The predicted molar refractivity (Wildman–Crippen MR) is 91.9 cm³/mol. The van der Waals surface area contributed by atoms with E-state index in [4.69, 9.17) is 4.74 Å². The smallest absolute Gasteiger partial charge is 0.317 e. The number of aromatic nitrogens is 2. The first kappa shape index (κ1) is 17.0. The van der Waals surface area contributed by atoms with Crippen LogP contribution in [0.1, 0.15) is 20.8 Å². The lowest BCUT2D eigenvalue weighted by Gasteiger charge is -2.56. The van der Waals surface area contributed by atoms with Crippen LogP contribution in [-0.4, -0.2) is 66.3 Å². The first-order chi connectivity index (χ1) is 11.4. The molecule has 1 saturated carbocycles. The maximum atomic E-state index is 12.6. The Kier molecular flexibility index (Phi) is 4.62. The van der Waals surface area contributed by atoms with Crippen LogP contribution in [0.25, 0.3) is 0 Å². The van der Waals surface area contributed by atoms with Gasteiger partial charge in [-0.1, -0.05) is 20.8 Å². The summed E-state index contributed by atoms with van der Waals surface area (Å²) >= 11 is 0. The Balaban J connectivity index is 1.53. The maximum absolute atomic E-state index is 12.6. The van der Waals surface area contributed by atoms with E-state index < -0.39 is 0 Å². The van der Waals surface area contributed by atoms with Gasteiger partial charge in [-0.05, 0) is 6.07 Å². The zero-order chi connectivity index (χ0) is 17.3. The van der Waals surface area contributed by atoms with Gasteiger partial charge in [-0.3, -0.25) is 0 Å². The van der Waals surface area contributed by atoms with E-state index in [-0.39, 0.29) is 23.6 Å². The van der Waals surface area contributed by atoms with Crippen molar-refractivity contribution in [1.82, 2.24) is 20.2 Å². The van der Waals surface area contributed by atoms with E-state index in [1.54, 1.807) is 19.5 Å². The van der Waals surface area contributed by atoms with E-state index in [9.17, 15) is 4.79 Å². The van der Waals surface area contributed by atoms with Crippen LogP contribution in [0.4, 0.5) is 10.7 Å². The molecule has 3 rings (SSSR count). The van der Waals surface area contributed by atoms with Gasteiger partial charge in [0.1, 0.15) is 0 Å². The number of ether oxygens (including phenoxy) is 1. The number of anilines is 1. The van der Waals surface area contributed by atoms with Crippen LogP contribution in [0, 0.1) is 11.3 Å². The molecule has 1 aliphatic heterocycles. The van der Waals surface area contributed by atoms with Crippen molar-refractivity contribution in [3.05, 3.63) is 18.5 Å². The van der Waals surface area contributed by atoms with Gasteiger partial charge in [-0.2, -0.15) is 0 Å². The number of amides is 2. The Labute approximate surface area is 143 Å². The number of piperazine rings is 1. The molecule has 0 radical (unpaired) electrons. The monoisotopic (exact) mass is 333 g/mol. The molecule has 2 aliphatic rings. The summed E-state index contributed by atoms with van der Waals surface area (Å²) in [5.74, 6) is 1.06. The molecule has 2 heterocycles. The van der Waals surface area contributed by atoms with Crippen LogP contribution in [-0.2, 0) is 4.74 Å². The van der Waals surface area contributed by atoms with E-state index >= 15 is 0 Å². The molecule has 0 spiro atoms. The first-order valence-corrected chi connectivity index (χ1v) is 8.55. The highest BCUT2D eigenvalue weighted by Gasteiger charge is 2.55. The minimum atomic E-state index is -0.0382. The van der Waals surface area contributed by atoms with Crippen LogP contribution in [0.3, 0.4) is 0 Å². The molecule has 1 N–H and O–H groups in total. The largest absolute Gasteiger partial charge is 0.380 e. The summed E-state index contributed by atoms with van der Waals surface area (Å²) in [5, 5.41) is 3.20. The Bertz CT molecular complexity index is 572. The standard InChI is InChI=1S/C17H27N5O2/c1-12-13(17(2,3)14(12)24-4)20-16(23)22-10-8-21(9-11-22)15-18-6-5-7-19-15/h5-7,12-14H,8-11H2,1-4H3,(H,20,23)/t12-,13-,14+/m0/s1. The molecule has 1 saturated heterocycles. The molecular formula is C17H27N5O2. The molecule has 7 heteroatoms. The van der Waals surface area contributed by atoms with Crippen molar-refractivity contribution in [2.75, 3.05) is 38.2 Å². The normalized spacial score (nSPS) is 29.1. The summed E-state index contributed by atoms with van der Waals surface area (Å²) in [5.41, 5.74) is -0.0382. The summed E-state index contributed by atoms with van der Waals surface area (Å²) in [7, 11) is 1.74. The van der Waals surface area contributed by atoms with Gasteiger partial charge < -0.3 is 19.9 Å². The highest BCUT2D eigenvalue weighted by atomic mass is 16.5. The third kappa shape index (κ3) is 2.92. The van der Waals surface area contributed by atoms with Gasteiger partial charge in [0.15, 0.2) is 0 Å². The number of hydrogen-bond donors (Lipinski definition) is 1. The summed E-state index contributed by atoms with van der Waals surface area (Å²) < 4.78 is 5.55. The van der Waals surface area contributed by atoms with Crippen LogP contribution in [0.5, 0.6) is 0 Å². The zero-order valence-corrected chi connectivity index (χ0v) is 14.9. The maximum Gasteiger partial charge on any atom is 0.317 e. The number of rotatable bonds is 3. The third-order valence-corrected chi connectivity index (χ3v) is 5.47. The van der Waals surface area contributed by atoms with Crippen LogP contribution < -0.4 is 10.2 Å². The lowest BCUT2D eigenvalue weighted by atomic mass is 9.58. The van der Waals surface area contributed by atoms with Crippen molar-refractivity contribution in [1.29, 1.82) is 0 Å². The first-order valence-electron chi connectivity index (χ1n) is 8.55. The van der Waals surface area contributed by atoms with Crippen molar-refractivity contribution in [2.45, 2.75) is 32.9 Å². The Hall–Kier alpha value is -1.89. The zero-order valence-electron chi connectivity index (χ0n) is 14.9. The van der Waals surface area contributed by atoms with Crippen molar-refractivity contribution in [3.8, 4) is 0 Å². The molecule has 7 nitrogen and oxygen atoms in total. The molecule has 0 aromatic carbocycles. The minimum absolute atomic E-state index is 0.0168. The number of methoxy groups -OCH3 is 1. The molecule has 24 heavy (non-hydrogen) atoms. The number of nitrogens with one attached hydrogen (secondary N) is 1. The van der Waals surface area contributed by atoms with Crippen LogP contribution >= 0.6 is 0 Å². The Morgan fingerprint density at radius 2 is 1.88 bits per heavy atom. The highest BCUT2D eigenvalue weighted by Crippen LogP contribution is 2.46. The van der Waals surface area contributed by atoms with Gasteiger partial charge in [0, 0.05) is 63.1 Å². The minimum Gasteiger partial charge on any atom is -0.380 e.